The second kappa shape index (κ2) is 2.74. The molecule has 2 rings (SSSR count). The molecule has 66 valence electrons. The van der Waals surface area contributed by atoms with Crippen molar-refractivity contribution < 1.29 is 4.79 Å². The van der Waals surface area contributed by atoms with Gasteiger partial charge in [0.1, 0.15) is 11.0 Å². The molecule has 13 heavy (non-hydrogen) atoms. The molecule has 1 aromatic carbocycles. The number of rotatable bonds is 1. The molecule has 0 radical (unpaired) electrons. The van der Waals surface area contributed by atoms with Crippen molar-refractivity contribution in [3.8, 4) is 0 Å². The molecule has 3 N–H and O–H groups in total. The van der Waals surface area contributed by atoms with E-state index in [9.17, 15) is 4.79 Å². The van der Waals surface area contributed by atoms with Crippen LogP contribution in [0.15, 0.2) is 24.3 Å². The van der Waals surface area contributed by atoms with E-state index in [0.717, 1.165) is 0 Å². The molecule has 2 amide bonds. The predicted molar refractivity (Wildman–Crippen MR) is 46.5 cm³/mol. The minimum atomic E-state index is -0.671. The lowest BCUT2D eigenvalue weighted by Gasteiger charge is -1.99. The summed E-state index contributed by atoms with van der Waals surface area (Å²) >= 11 is 0. The first-order chi connectivity index (χ1) is 6.27. The minimum absolute atomic E-state index is 0.671. The Kier molecular flexibility index (Phi) is 1.59. The number of nitrogens with one attached hydrogen (secondary N) is 1. The number of hydrogen-bond donors (Lipinski definition) is 2. The standard InChI is InChI=1S/C7H7N5O/c8-7(13)10-12-6-4-2-1-3-5(6)9-11-12/h1-4H,(H3,8,10,13). The summed E-state index contributed by atoms with van der Waals surface area (Å²) in [6.07, 6.45) is 0. The molecule has 0 aliphatic carbocycles. The van der Waals surface area contributed by atoms with Gasteiger partial charge in [-0.3, -0.25) is 0 Å². The lowest BCUT2D eigenvalue weighted by Crippen LogP contribution is -2.28. The number of benzene rings is 1. The lowest BCUT2D eigenvalue weighted by molar-refractivity contribution is 0.256. The summed E-state index contributed by atoms with van der Waals surface area (Å²) in [5, 5.41) is 7.50. The van der Waals surface area contributed by atoms with Gasteiger partial charge < -0.3 is 5.73 Å². The van der Waals surface area contributed by atoms with Gasteiger partial charge in [-0.05, 0) is 17.3 Å². The minimum Gasteiger partial charge on any atom is -0.350 e. The molecular formula is C7H7N5O. The fourth-order valence-electron chi connectivity index (χ4n) is 1.06. The van der Waals surface area contributed by atoms with Gasteiger partial charge in [-0.2, -0.15) is 0 Å². The Balaban J connectivity index is 2.51. The van der Waals surface area contributed by atoms with Crippen LogP contribution < -0.4 is 11.2 Å². The molecule has 6 nitrogen and oxygen atoms in total. The van der Waals surface area contributed by atoms with Gasteiger partial charge in [-0.25, -0.2) is 10.2 Å². The van der Waals surface area contributed by atoms with E-state index in [2.05, 4.69) is 15.7 Å². The van der Waals surface area contributed by atoms with Crippen LogP contribution >= 0.6 is 0 Å². The Morgan fingerprint density at radius 3 is 3.00 bits per heavy atom. The highest BCUT2D eigenvalue weighted by Crippen LogP contribution is 2.07. The first-order valence-corrected chi connectivity index (χ1v) is 3.64. The zero-order chi connectivity index (χ0) is 9.26. The van der Waals surface area contributed by atoms with Crippen molar-refractivity contribution in [1.82, 2.24) is 15.1 Å². The first kappa shape index (κ1) is 7.53. The van der Waals surface area contributed by atoms with E-state index in [1.165, 1.54) is 4.79 Å². The maximum Gasteiger partial charge on any atom is 0.332 e. The summed E-state index contributed by atoms with van der Waals surface area (Å²) in [7, 11) is 0. The highest BCUT2D eigenvalue weighted by atomic mass is 16.2. The highest BCUT2D eigenvalue weighted by Gasteiger charge is 2.03. The summed E-state index contributed by atoms with van der Waals surface area (Å²) in [5.41, 5.74) is 8.66. The fraction of sp³-hybridized carbons (Fsp3) is 0. The van der Waals surface area contributed by atoms with Crippen LogP contribution in [0.5, 0.6) is 0 Å². The quantitative estimate of drug-likeness (QED) is 0.645. The Bertz CT molecular complexity index is 449. The Morgan fingerprint density at radius 1 is 1.46 bits per heavy atom. The largest absolute Gasteiger partial charge is 0.350 e. The van der Waals surface area contributed by atoms with Crippen molar-refractivity contribution >= 4 is 17.1 Å². The van der Waals surface area contributed by atoms with Crippen LogP contribution in [0.2, 0.25) is 0 Å². The first-order valence-electron chi connectivity index (χ1n) is 3.64. The zero-order valence-corrected chi connectivity index (χ0v) is 6.64. The number of primary amides is 1. The maximum absolute atomic E-state index is 10.5. The van der Waals surface area contributed by atoms with Crippen LogP contribution in [-0.2, 0) is 0 Å². The maximum atomic E-state index is 10.5. The van der Waals surface area contributed by atoms with Crippen molar-refractivity contribution in [2.75, 3.05) is 5.43 Å². The van der Waals surface area contributed by atoms with Crippen LogP contribution in [0.25, 0.3) is 11.0 Å². The molecular weight excluding hydrogens is 170 g/mol. The number of para-hydroxylation sites is 1. The average molecular weight is 177 g/mol. The third kappa shape index (κ3) is 1.28. The van der Waals surface area contributed by atoms with Crippen molar-refractivity contribution in [2.24, 2.45) is 5.73 Å². The summed E-state index contributed by atoms with van der Waals surface area (Å²) < 4.78 is 0. The Morgan fingerprint density at radius 2 is 2.23 bits per heavy atom. The molecule has 0 bridgehead atoms. The molecule has 0 spiro atoms. The predicted octanol–water partition coefficient (Wildman–Crippen LogP) is 0.0535. The van der Waals surface area contributed by atoms with Crippen LogP contribution in [-0.4, -0.2) is 21.1 Å². The van der Waals surface area contributed by atoms with Gasteiger partial charge in [0, 0.05) is 0 Å². The van der Waals surface area contributed by atoms with Gasteiger partial charge in [-0.1, -0.05) is 12.1 Å². The molecule has 0 saturated carbocycles. The van der Waals surface area contributed by atoms with Gasteiger partial charge in [0.15, 0.2) is 0 Å². The van der Waals surface area contributed by atoms with E-state index in [1.54, 1.807) is 12.1 Å². The molecule has 0 aliphatic rings. The molecule has 0 unspecified atom stereocenters. The fourth-order valence-corrected chi connectivity index (χ4v) is 1.06. The second-order valence-electron chi connectivity index (χ2n) is 2.47. The smallest absolute Gasteiger partial charge is 0.332 e. The third-order valence-electron chi connectivity index (χ3n) is 1.57. The summed E-state index contributed by atoms with van der Waals surface area (Å²) in [5.74, 6) is 0. The normalized spacial score (nSPS) is 10.2. The van der Waals surface area contributed by atoms with Crippen molar-refractivity contribution in [3.05, 3.63) is 24.3 Å². The Labute approximate surface area is 73.3 Å². The summed E-state index contributed by atoms with van der Waals surface area (Å²) in [6, 6.07) is 6.57. The van der Waals surface area contributed by atoms with Crippen molar-refractivity contribution in [2.45, 2.75) is 0 Å². The van der Waals surface area contributed by atoms with E-state index < -0.39 is 6.03 Å². The molecule has 0 fully saturated rings. The monoisotopic (exact) mass is 177 g/mol. The van der Waals surface area contributed by atoms with Gasteiger partial charge in [0.25, 0.3) is 0 Å². The van der Waals surface area contributed by atoms with Crippen LogP contribution in [0.4, 0.5) is 4.79 Å². The van der Waals surface area contributed by atoms with Crippen molar-refractivity contribution in [1.29, 1.82) is 0 Å². The van der Waals surface area contributed by atoms with Gasteiger partial charge in [-0.15, -0.1) is 9.89 Å². The average Bonchev–Trinajstić information content (AvgIpc) is 2.48. The van der Waals surface area contributed by atoms with E-state index in [-0.39, 0.29) is 0 Å². The topological polar surface area (TPSA) is 85.8 Å². The number of amides is 2. The molecule has 1 heterocycles. The Hall–Kier alpha value is -2.11. The van der Waals surface area contributed by atoms with E-state index >= 15 is 0 Å². The number of aromatic nitrogens is 3. The molecule has 1 aromatic heterocycles. The number of carbonyl (C=O) groups is 1. The number of fused-ring (bicyclic) bond motifs is 1. The number of urea groups is 1. The van der Waals surface area contributed by atoms with Gasteiger partial charge in [0.2, 0.25) is 0 Å². The second-order valence-corrected chi connectivity index (χ2v) is 2.47. The van der Waals surface area contributed by atoms with Crippen LogP contribution in [0, 0.1) is 0 Å². The highest BCUT2D eigenvalue weighted by molar-refractivity contribution is 5.83. The van der Waals surface area contributed by atoms with Crippen molar-refractivity contribution in [3.63, 3.8) is 0 Å². The molecule has 0 atom stereocenters. The van der Waals surface area contributed by atoms with Crippen LogP contribution in [0.1, 0.15) is 0 Å². The molecule has 2 aromatic rings. The number of nitrogens with zero attached hydrogens (tertiary/aromatic N) is 3. The van der Waals surface area contributed by atoms with E-state index in [1.807, 2.05) is 12.1 Å². The third-order valence-corrected chi connectivity index (χ3v) is 1.57. The van der Waals surface area contributed by atoms with E-state index in [4.69, 9.17) is 5.73 Å². The summed E-state index contributed by atoms with van der Waals surface area (Å²) in [6.45, 7) is 0. The summed E-state index contributed by atoms with van der Waals surface area (Å²) in [4.78, 5) is 11.8. The van der Waals surface area contributed by atoms with Gasteiger partial charge >= 0.3 is 6.03 Å². The zero-order valence-electron chi connectivity index (χ0n) is 6.64. The molecule has 6 heteroatoms. The SMILES string of the molecule is NC(=O)Nn1nnc2ccccc21. The number of nitrogens with two attached hydrogens (primary N) is 1. The lowest BCUT2D eigenvalue weighted by atomic mass is 10.3. The number of carbonyl (C=O) groups excluding carboxylic acids is 1. The van der Waals surface area contributed by atoms with Gasteiger partial charge in [0.05, 0.1) is 0 Å². The number of hydrogen-bond acceptors (Lipinski definition) is 3. The molecule has 0 aliphatic heterocycles. The molecule has 0 saturated heterocycles. The van der Waals surface area contributed by atoms with Crippen LogP contribution in [0.3, 0.4) is 0 Å². The van der Waals surface area contributed by atoms with E-state index in [0.29, 0.717) is 11.0 Å².